The maximum absolute atomic E-state index is 10.3. The van der Waals surface area contributed by atoms with E-state index in [0.29, 0.717) is 5.92 Å². The fraction of sp³-hybridized carbons (Fsp3) is 0.211. The second kappa shape index (κ2) is 7.44. The molecule has 0 bridgehead atoms. The van der Waals surface area contributed by atoms with E-state index in [0.717, 1.165) is 29.8 Å². The molecule has 2 nitrogen and oxygen atoms in total. The van der Waals surface area contributed by atoms with Gasteiger partial charge in [-0.25, -0.2) is 0 Å². The van der Waals surface area contributed by atoms with Crippen LogP contribution in [0.15, 0.2) is 54.6 Å². The molecule has 0 fully saturated rings. The Hall–Kier alpha value is -2.35. The molecule has 0 unspecified atom stereocenters. The molecular formula is C19H20O2. The molecule has 0 aliphatic heterocycles. The first-order chi connectivity index (χ1) is 10.2. The van der Waals surface area contributed by atoms with Gasteiger partial charge < -0.3 is 4.74 Å². The van der Waals surface area contributed by atoms with Crippen LogP contribution in [0.4, 0.5) is 0 Å². The van der Waals surface area contributed by atoms with Gasteiger partial charge in [-0.05, 0) is 53.8 Å². The molecule has 0 heterocycles. The smallest absolute Gasteiger partial charge is 0.142 e. The predicted octanol–water partition coefficient (Wildman–Crippen LogP) is 4.89. The Morgan fingerprint density at radius 2 is 1.81 bits per heavy atom. The highest BCUT2D eigenvalue weighted by Gasteiger charge is 2.01. The van der Waals surface area contributed by atoms with Crippen molar-refractivity contribution in [2.24, 2.45) is 5.92 Å². The van der Waals surface area contributed by atoms with Gasteiger partial charge in [0.05, 0.1) is 0 Å². The van der Waals surface area contributed by atoms with Crippen molar-refractivity contribution in [3.05, 3.63) is 65.7 Å². The number of carbonyl (C=O) groups excluding carboxylic acids is 1. The van der Waals surface area contributed by atoms with Crippen molar-refractivity contribution in [1.29, 1.82) is 0 Å². The number of allylic oxidation sites excluding steroid dienone is 1. The minimum Gasteiger partial charge on any atom is -0.457 e. The molecule has 0 saturated carbocycles. The van der Waals surface area contributed by atoms with Crippen LogP contribution in [-0.2, 0) is 11.2 Å². The first-order valence-corrected chi connectivity index (χ1v) is 7.16. The van der Waals surface area contributed by atoms with Crippen LogP contribution in [0.25, 0.3) is 6.08 Å². The minimum absolute atomic E-state index is 0.629. The van der Waals surface area contributed by atoms with Gasteiger partial charge >= 0.3 is 0 Å². The van der Waals surface area contributed by atoms with Gasteiger partial charge in [0.15, 0.2) is 0 Å². The van der Waals surface area contributed by atoms with Gasteiger partial charge in [-0.3, -0.25) is 4.79 Å². The van der Waals surface area contributed by atoms with Crippen molar-refractivity contribution in [2.45, 2.75) is 20.3 Å². The van der Waals surface area contributed by atoms with Crippen LogP contribution in [0.1, 0.15) is 25.0 Å². The monoisotopic (exact) mass is 280 g/mol. The SMILES string of the molecule is CC(C)Cc1cccc(Oc2ccc(/C=C/C=O)cc2)c1. The maximum atomic E-state index is 10.3. The molecule has 2 aromatic carbocycles. The molecule has 0 amide bonds. The Morgan fingerprint density at radius 1 is 1.05 bits per heavy atom. The van der Waals surface area contributed by atoms with Crippen LogP contribution in [0.2, 0.25) is 0 Å². The summed E-state index contributed by atoms with van der Waals surface area (Å²) in [6.07, 6.45) is 5.06. The van der Waals surface area contributed by atoms with Gasteiger partial charge in [0.1, 0.15) is 17.8 Å². The summed E-state index contributed by atoms with van der Waals surface area (Å²) in [6.45, 7) is 4.41. The van der Waals surface area contributed by atoms with Crippen LogP contribution >= 0.6 is 0 Å². The van der Waals surface area contributed by atoms with Gasteiger partial charge in [-0.15, -0.1) is 0 Å². The molecule has 2 rings (SSSR count). The van der Waals surface area contributed by atoms with E-state index >= 15 is 0 Å². The van der Waals surface area contributed by atoms with E-state index in [1.54, 1.807) is 6.08 Å². The molecule has 0 atom stereocenters. The molecular weight excluding hydrogens is 260 g/mol. The largest absolute Gasteiger partial charge is 0.457 e. The Bertz CT molecular complexity index is 610. The lowest BCUT2D eigenvalue weighted by molar-refractivity contribution is -0.104. The van der Waals surface area contributed by atoms with Crippen molar-refractivity contribution >= 4 is 12.4 Å². The number of hydrogen-bond donors (Lipinski definition) is 0. The topological polar surface area (TPSA) is 26.3 Å². The molecule has 0 spiro atoms. The standard InChI is InChI=1S/C19H20O2/c1-15(2)13-17-5-3-7-19(14-17)21-18-10-8-16(9-11-18)6-4-12-20/h3-12,14-15H,13H2,1-2H3/b6-4+. The van der Waals surface area contributed by atoms with E-state index in [9.17, 15) is 4.79 Å². The lowest BCUT2D eigenvalue weighted by Crippen LogP contribution is -1.94. The summed E-state index contributed by atoms with van der Waals surface area (Å²) in [5.41, 5.74) is 2.26. The lowest BCUT2D eigenvalue weighted by Gasteiger charge is -2.09. The van der Waals surface area contributed by atoms with Gasteiger partial charge in [0, 0.05) is 0 Å². The Kier molecular flexibility index (Phi) is 5.33. The van der Waals surface area contributed by atoms with Crippen LogP contribution in [0.3, 0.4) is 0 Å². The third kappa shape index (κ3) is 4.92. The first-order valence-electron chi connectivity index (χ1n) is 7.16. The zero-order valence-electron chi connectivity index (χ0n) is 12.5. The number of aldehydes is 1. The van der Waals surface area contributed by atoms with Gasteiger partial charge in [0.25, 0.3) is 0 Å². The molecule has 2 aromatic rings. The molecule has 2 heteroatoms. The van der Waals surface area contributed by atoms with Crippen LogP contribution in [-0.4, -0.2) is 6.29 Å². The summed E-state index contributed by atoms with van der Waals surface area (Å²) in [5, 5.41) is 0. The lowest BCUT2D eigenvalue weighted by atomic mass is 10.0. The fourth-order valence-electron chi connectivity index (χ4n) is 2.14. The highest BCUT2D eigenvalue weighted by molar-refractivity contribution is 5.73. The zero-order chi connectivity index (χ0) is 15.1. The van der Waals surface area contributed by atoms with E-state index in [1.165, 1.54) is 11.6 Å². The van der Waals surface area contributed by atoms with E-state index in [4.69, 9.17) is 4.74 Å². The molecule has 108 valence electrons. The molecule has 0 radical (unpaired) electrons. The third-order valence-electron chi connectivity index (χ3n) is 3.03. The number of rotatable bonds is 6. The second-order valence-electron chi connectivity index (χ2n) is 5.41. The van der Waals surface area contributed by atoms with Gasteiger partial charge in [-0.1, -0.05) is 44.2 Å². The normalized spacial score (nSPS) is 11.0. The Balaban J connectivity index is 2.07. The second-order valence-corrected chi connectivity index (χ2v) is 5.41. The van der Waals surface area contributed by atoms with E-state index in [2.05, 4.69) is 26.0 Å². The number of hydrogen-bond acceptors (Lipinski definition) is 2. The van der Waals surface area contributed by atoms with E-state index < -0.39 is 0 Å². The average Bonchev–Trinajstić information content (AvgIpc) is 2.46. The van der Waals surface area contributed by atoms with Crippen LogP contribution < -0.4 is 4.74 Å². The number of carbonyl (C=O) groups is 1. The summed E-state index contributed by atoms with van der Waals surface area (Å²) in [7, 11) is 0. The highest BCUT2D eigenvalue weighted by Crippen LogP contribution is 2.23. The third-order valence-corrected chi connectivity index (χ3v) is 3.03. The fourth-order valence-corrected chi connectivity index (χ4v) is 2.14. The van der Waals surface area contributed by atoms with Crippen molar-refractivity contribution < 1.29 is 9.53 Å². The molecule has 0 N–H and O–H groups in total. The quantitative estimate of drug-likeness (QED) is 0.556. The molecule has 21 heavy (non-hydrogen) atoms. The highest BCUT2D eigenvalue weighted by atomic mass is 16.5. The van der Waals surface area contributed by atoms with E-state index in [-0.39, 0.29) is 0 Å². The minimum atomic E-state index is 0.629. The molecule has 0 saturated heterocycles. The Morgan fingerprint density at radius 3 is 2.48 bits per heavy atom. The maximum Gasteiger partial charge on any atom is 0.142 e. The summed E-state index contributed by atoms with van der Waals surface area (Å²) >= 11 is 0. The van der Waals surface area contributed by atoms with Crippen LogP contribution in [0, 0.1) is 5.92 Å². The summed E-state index contributed by atoms with van der Waals surface area (Å²) < 4.78 is 5.87. The van der Waals surface area contributed by atoms with Crippen molar-refractivity contribution in [3.8, 4) is 11.5 Å². The Labute approximate surface area is 126 Å². The zero-order valence-corrected chi connectivity index (χ0v) is 12.5. The number of ether oxygens (including phenoxy) is 1. The van der Waals surface area contributed by atoms with Gasteiger partial charge in [0.2, 0.25) is 0 Å². The first kappa shape index (κ1) is 15.0. The van der Waals surface area contributed by atoms with Gasteiger partial charge in [-0.2, -0.15) is 0 Å². The molecule has 0 aliphatic rings. The summed E-state index contributed by atoms with van der Waals surface area (Å²) in [5.74, 6) is 2.27. The van der Waals surface area contributed by atoms with Crippen molar-refractivity contribution in [2.75, 3.05) is 0 Å². The summed E-state index contributed by atoms with van der Waals surface area (Å²) in [4.78, 5) is 10.3. The molecule has 0 aromatic heterocycles. The predicted molar refractivity (Wildman–Crippen MR) is 86.6 cm³/mol. The molecule has 0 aliphatic carbocycles. The van der Waals surface area contributed by atoms with E-state index in [1.807, 2.05) is 36.4 Å². The summed E-state index contributed by atoms with van der Waals surface area (Å²) in [6, 6.07) is 15.8. The van der Waals surface area contributed by atoms with Crippen LogP contribution in [0.5, 0.6) is 11.5 Å². The number of benzene rings is 2. The van der Waals surface area contributed by atoms with Crippen molar-refractivity contribution in [1.82, 2.24) is 0 Å². The average molecular weight is 280 g/mol. The van der Waals surface area contributed by atoms with Crippen molar-refractivity contribution in [3.63, 3.8) is 0 Å².